The van der Waals surface area contributed by atoms with Crippen molar-refractivity contribution in [1.29, 1.82) is 0 Å². The lowest BCUT2D eigenvalue weighted by Crippen LogP contribution is -2.43. The largest absolute Gasteiger partial charge is 0.468 e. The van der Waals surface area contributed by atoms with Crippen LogP contribution >= 0.6 is 0 Å². The molecule has 84 valence electrons. The van der Waals surface area contributed by atoms with E-state index in [1.54, 1.807) is 0 Å². The van der Waals surface area contributed by atoms with E-state index in [0.717, 1.165) is 5.57 Å². The van der Waals surface area contributed by atoms with E-state index in [9.17, 15) is 9.59 Å². The lowest BCUT2D eigenvalue weighted by Gasteiger charge is -2.32. The van der Waals surface area contributed by atoms with Crippen LogP contribution in [0.3, 0.4) is 0 Å². The summed E-state index contributed by atoms with van der Waals surface area (Å²) in [7, 11) is 2.58. The molecule has 0 atom stereocenters. The molecule has 0 unspecified atom stereocenters. The van der Waals surface area contributed by atoms with E-state index < -0.39 is 17.4 Å². The maximum Gasteiger partial charge on any atom is 0.323 e. The van der Waals surface area contributed by atoms with Crippen molar-refractivity contribution in [2.75, 3.05) is 14.2 Å². The smallest absolute Gasteiger partial charge is 0.323 e. The quantitative estimate of drug-likeness (QED) is 0.395. The summed E-state index contributed by atoms with van der Waals surface area (Å²) in [5, 5.41) is 0. The number of ether oxygens (including phenoxy) is 2. The third kappa shape index (κ3) is 2.03. The summed E-state index contributed by atoms with van der Waals surface area (Å²) in [6.07, 6.45) is 2.21. The van der Waals surface area contributed by atoms with Crippen LogP contribution in [0.15, 0.2) is 12.2 Å². The lowest BCUT2D eigenvalue weighted by molar-refractivity contribution is -0.171. The molecule has 0 aliphatic heterocycles. The molecule has 0 radical (unpaired) electrons. The van der Waals surface area contributed by atoms with Crippen LogP contribution in [0.1, 0.15) is 25.7 Å². The molecule has 0 N–H and O–H groups in total. The number of methoxy groups -OCH3 is 2. The van der Waals surface area contributed by atoms with Crippen LogP contribution in [0.5, 0.6) is 0 Å². The van der Waals surface area contributed by atoms with Crippen LogP contribution in [0, 0.1) is 5.41 Å². The molecule has 0 aromatic rings. The van der Waals surface area contributed by atoms with Crippen molar-refractivity contribution < 1.29 is 19.1 Å². The van der Waals surface area contributed by atoms with E-state index in [1.165, 1.54) is 14.2 Å². The van der Waals surface area contributed by atoms with Crippen molar-refractivity contribution >= 4 is 11.9 Å². The molecular weight excluding hydrogens is 196 g/mol. The van der Waals surface area contributed by atoms with Gasteiger partial charge in [-0.15, -0.1) is 0 Å². The van der Waals surface area contributed by atoms with Crippen molar-refractivity contribution in [3.63, 3.8) is 0 Å². The Balaban J connectivity index is 2.92. The molecule has 1 fully saturated rings. The number of rotatable bonds is 2. The first-order valence-corrected chi connectivity index (χ1v) is 4.90. The fourth-order valence-electron chi connectivity index (χ4n) is 1.91. The molecule has 0 heterocycles. The average Bonchev–Trinajstić information content (AvgIpc) is 2.28. The van der Waals surface area contributed by atoms with Gasteiger partial charge < -0.3 is 9.47 Å². The van der Waals surface area contributed by atoms with Gasteiger partial charge in [-0.3, -0.25) is 9.59 Å². The first-order chi connectivity index (χ1) is 7.06. The van der Waals surface area contributed by atoms with Crippen molar-refractivity contribution in [1.82, 2.24) is 0 Å². The standard InChI is InChI=1S/C11H16O4/c1-8-4-6-11(7-5-8,9(12)14-2)10(13)15-3/h1,4-7H2,2-3H3. The first-order valence-electron chi connectivity index (χ1n) is 4.90. The molecule has 0 bridgehead atoms. The van der Waals surface area contributed by atoms with E-state index in [4.69, 9.17) is 0 Å². The average molecular weight is 212 g/mol. The summed E-state index contributed by atoms with van der Waals surface area (Å²) in [6, 6.07) is 0. The van der Waals surface area contributed by atoms with Crippen LogP contribution in [0.2, 0.25) is 0 Å². The first kappa shape index (κ1) is 11.8. The van der Waals surface area contributed by atoms with E-state index in [2.05, 4.69) is 16.1 Å². The Hall–Kier alpha value is -1.32. The maximum atomic E-state index is 11.6. The summed E-state index contributed by atoms with van der Waals surface area (Å²) in [5.41, 5.74) is -0.0385. The summed E-state index contributed by atoms with van der Waals surface area (Å²) in [4.78, 5) is 23.3. The van der Waals surface area contributed by atoms with Gasteiger partial charge in [-0.2, -0.15) is 0 Å². The number of carbonyl (C=O) groups is 2. The maximum absolute atomic E-state index is 11.6. The second-order valence-corrected chi connectivity index (χ2v) is 3.82. The van der Waals surface area contributed by atoms with Gasteiger partial charge in [0.15, 0.2) is 5.41 Å². The fourth-order valence-corrected chi connectivity index (χ4v) is 1.91. The highest BCUT2D eigenvalue weighted by atomic mass is 16.5. The molecule has 4 nitrogen and oxygen atoms in total. The minimum Gasteiger partial charge on any atom is -0.468 e. The highest BCUT2D eigenvalue weighted by Gasteiger charge is 2.49. The van der Waals surface area contributed by atoms with Gasteiger partial charge in [0.25, 0.3) is 0 Å². The predicted octanol–water partition coefficient (Wildman–Crippen LogP) is 1.45. The molecule has 1 aliphatic carbocycles. The third-order valence-corrected chi connectivity index (χ3v) is 2.96. The number of hydrogen-bond donors (Lipinski definition) is 0. The predicted molar refractivity (Wildman–Crippen MR) is 54.1 cm³/mol. The minimum atomic E-state index is -1.11. The van der Waals surface area contributed by atoms with Gasteiger partial charge in [0.2, 0.25) is 0 Å². The summed E-state index contributed by atoms with van der Waals surface area (Å²) in [5.74, 6) is -0.997. The van der Waals surface area contributed by atoms with Gasteiger partial charge in [-0.05, 0) is 25.7 Å². The Morgan fingerprint density at radius 2 is 1.53 bits per heavy atom. The minimum absolute atomic E-state index is 0.436. The topological polar surface area (TPSA) is 52.6 Å². The van der Waals surface area contributed by atoms with Gasteiger partial charge in [0.1, 0.15) is 0 Å². The van der Waals surface area contributed by atoms with Gasteiger partial charge in [0.05, 0.1) is 14.2 Å². The Morgan fingerprint density at radius 3 is 1.87 bits per heavy atom. The Labute approximate surface area is 89.2 Å². The second-order valence-electron chi connectivity index (χ2n) is 3.82. The molecule has 0 saturated heterocycles. The van der Waals surface area contributed by atoms with Crippen LogP contribution in [0.25, 0.3) is 0 Å². The zero-order chi connectivity index (χ0) is 11.5. The normalized spacial score (nSPS) is 19.5. The summed E-state index contributed by atoms with van der Waals surface area (Å²) in [6.45, 7) is 3.85. The molecule has 0 amide bonds. The highest BCUT2D eigenvalue weighted by molar-refractivity contribution is 6.00. The van der Waals surface area contributed by atoms with Crippen molar-refractivity contribution in [2.24, 2.45) is 5.41 Å². The van der Waals surface area contributed by atoms with E-state index >= 15 is 0 Å². The second kappa shape index (κ2) is 4.47. The molecular formula is C11H16O4. The van der Waals surface area contributed by atoms with Gasteiger partial charge >= 0.3 is 11.9 Å². The van der Waals surface area contributed by atoms with Crippen molar-refractivity contribution in [2.45, 2.75) is 25.7 Å². The van der Waals surface area contributed by atoms with Gasteiger partial charge in [-0.1, -0.05) is 12.2 Å². The Kier molecular flexibility index (Phi) is 3.50. The number of allylic oxidation sites excluding steroid dienone is 1. The summed E-state index contributed by atoms with van der Waals surface area (Å²) >= 11 is 0. The molecule has 0 spiro atoms. The zero-order valence-electron chi connectivity index (χ0n) is 9.17. The number of hydrogen-bond acceptors (Lipinski definition) is 4. The molecule has 0 aromatic heterocycles. The van der Waals surface area contributed by atoms with Crippen molar-refractivity contribution in [3.05, 3.63) is 12.2 Å². The lowest BCUT2D eigenvalue weighted by atomic mass is 9.72. The Bertz CT molecular complexity index is 265. The molecule has 1 rings (SSSR count). The fraction of sp³-hybridized carbons (Fsp3) is 0.636. The van der Waals surface area contributed by atoms with E-state index in [1.807, 2.05) is 0 Å². The molecule has 1 saturated carbocycles. The Morgan fingerprint density at radius 1 is 1.13 bits per heavy atom. The monoisotopic (exact) mass is 212 g/mol. The van der Waals surface area contributed by atoms with Crippen LogP contribution in [0.4, 0.5) is 0 Å². The zero-order valence-corrected chi connectivity index (χ0v) is 9.17. The van der Waals surface area contributed by atoms with Crippen molar-refractivity contribution in [3.8, 4) is 0 Å². The molecule has 0 aromatic carbocycles. The van der Waals surface area contributed by atoms with Crippen LogP contribution in [-0.2, 0) is 19.1 Å². The van der Waals surface area contributed by atoms with Crippen LogP contribution < -0.4 is 0 Å². The number of carbonyl (C=O) groups excluding carboxylic acids is 2. The van der Waals surface area contributed by atoms with E-state index in [-0.39, 0.29) is 0 Å². The van der Waals surface area contributed by atoms with Crippen LogP contribution in [-0.4, -0.2) is 26.2 Å². The third-order valence-electron chi connectivity index (χ3n) is 2.96. The van der Waals surface area contributed by atoms with E-state index in [0.29, 0.717) is 25.7 Å². The molecule has 4 heteroatoms. The SMILES string of the molecule is C=C1CCC(C(=O)OC)(C(=O)OC)CC1. The highest BCUT2D eigenvalue weighted by Crippen LogP contribution is 2.40. The molecule has 1 aliphatic rings. The van der Waals surface area contributed by atoms with Gasteiger partial charge in [0, 0.05) is 0 Å². The molecule has 15 heavy (non-hydrogen) atoms. The van der Waals surface area contributed by atoms with Gasteiger partial charge in [-0.25, -0.2) is 0 Å². The summed E-state index contributed by atoms with van der Waals surface area (Å²) < 4.78 is 9.36. The number of esters is 2.